The van der Waals surface area contributed by atoms with E-state index in [0.29, 0.717) is 6.54 Å². The number of anilines is 1. The van der Waals surface area contributed by atoms with Gasteiger partial charge in [0.15, 0.2) is 0 Å². The summed E-state index contributed by atoms with van der Waals surface area (Å²) in [5, 5.41) is 12.4. The molecule has 0 fully saturated rings. The Morgan fingerprint density at radius 3 is 2.67 bits per heavy atom. The first-order valence-corrected chi connectivity index (χ1v) is 6.82. The van der Waals surface area contributed by atoms with Crippen LogP contribution in [0.5, 0.6) is 0 Å². The Balaban J connectivity index is 2.93. The standard InChI is InChI=1S/C15H26N2O/c1-4-5-8-17(9-10-18)15-7-6-13(2)11-14(15)12-16-3/h6-7,11,16,18H,4-5,8-10,12H2,1-3H3. The van der Waals surface area contributed by atoms with Crippen LogP contribution in [0, 0.1) is 6.92 Å². The van der Waals surface area contributed by atoms with Crippen LogP contribution in [0.3, 0.4) is 0 Å². The van der Waals surface area contributed by atoms with Crippen molar-refractivity contribution < 1.29 is 5.11 Å². The molecule has 0 saturated heterocycles. The number of benzene rings is 1. The highest BCUT2D eigenvalue weighted by Crippen LogP contribution is 2.22. The minimum Gasteiger partial charge on any atom is -0.395 e. The van der Waals surface area contributed by atoms with Gasteiger partial charge in [-0.3, -0.25) is 0 Å². The van der Waals surface area contributed by atoms with Gasteiger partial charge in [0.05, 0.1) is 6.61 Å². The van der Waals surface area contributed by atoms with Gasteiger partial charge >= 0.3 is 0 Å². The molecule has 0 bridgehead atoms. The lowest BCUT2D eigenvalue weighted by molar-refractivity contribution is 0.301. The molecular weight excluding hydrogens is 224 g/mol. The number of aliphatic hydroxyl groups is 1. The van der Waals surface area contributed by atoms with Crippen LogP contribution in [0.15, 0.2) is 18.2 Å². The second-order valence-electron chi connectivity index (χ2n) is 4.73. The molecule has 3 heteroatoms. The minimum absolute atomic E-state index is 0.205. The Morgan fingerprint density at radius 1 is 1.28 bits per heavy atom. The first kappa shape index (κ1) is 15.0. The van der Waals surface area contributed by atoms with Crippen molar-refractivity contribution in [1.82, 2.24) is 5.32 Å². The first-order valence-electron chi connectivity index (χ1n) is 6.82. The first-order chi connectivity index (χ1) is 8.72. The van der Waals surface area contributed by atoms with E-state index in [1.807, 2.05) is 7.05 Å². The van der Waals surface area contributed by atoms with Gasteiger partial charge in [-0.15, -0.1) is 0 Å². The number of nitrogens with one attached hydrogen (secondary N) is 1. The van der Waals surface area contributed by atoms with Gasteiger partial charge in [0.25, 0.3) is 0 Å². The number of hydrogen-bond donors (Lipinski definition) is 2. The van der Waals surface area contributed by atoms with Crippen molar-refractivity contribution in [2.45, 2.75) is 33.2 Å². The van der Waals surface area contributed by atoms with Crippen LogP contribution in [0.4, 0.5) is 5.69 Å². The monoisotopic (exact) mass is 250 g/mol. The maximum atomic E-state index is 9.22. The fourth-order valence-electron chi connectivity index (χ4n) is 2.18. The van der Waals surface area contributed by atoms with Crippen LogP contribution in [0.25, 0.3) is 0 Å². The van der Waals surface area contributed by atoms with Crippen molar-refractivity contribution in [3.8, 4) is 0 Å². The third-order valence-corrected chi connectivity index (χ3v) is 3.09. The van der Waals surface area contributed by atoms with Gasteiger partial charge in [-0.1, -0.05) is 31.0 Å². The van der Waals surface area contributed by atoms with Gasteiger partial charge in [0.1, 0.15) is 0 Å². The van der Waals surface area contributed by atoms with E-state index in [2.05, 4.69) is 42.3 Å². The summed E-state index contributed by atoms with van der Waals surface area (Å²) in [6.07, 6.45) is 2.34. The fourth-order valence-corrected chi connectivity index (χ4v) is 2.18. The lowest BCUT2D eigenvalue weighted by atomic mass is 10.1. The van der Waals surface area contributed by atoms with Crippen LogP contribution in [0.2, 0.25) is 0 Å². The predicted octanol–water partition coefficient (Wildman–Crippen LogP) is 2.31. The lowest BCUT2D eigenvalue weighted by Crippen LogP contribution is -2.29. The molecule has 0 aliphatic rings. The third kappa shape index (κ3) is 4.31. The summed E-state index contributed by atoms with van der Waals surface area (Å²) in [4.78, 5) is 2.29. The maximum Gasteiger partial charge on any atom is 0.0606 e. The Kier molecular flexibility index (Phi) is 6.76. The van der Waals surface area contributed by atoms with E-state index in [9.17, 15) is 5.11 Å². The second kappa shape index (κ2) is 8.11. The Morgan fingerprint density at radius 2 is 2.06 bits per heavy atom. The molecule has 0 radical (unpaired) electrons. The van der Waals surface area contributed by atoms with E-state index in [-0.39, 0.29) is 6.61 Å². The van der Waals surface area contributed by atoms with Crippen molar-refractivity contribution in [2.24, 2.45) is 0 Å². The van der Waals surface area contributed by atoms with Crippen molar-refractivity contribution in [3.05, 3.63) is 29.3 Å². The highest BCUT2D eigenvalue weighted by atomic mass is 16.3. The van der Waals surface area contributed by atoms with Crippen molar-refractivity contribution in [2.75, 3.05) is 31.6 Å². The highest BCUT2D eigenvalue weighted by Gasteiger charge is 2.10. The SMILES string of the molecule is CCCCN(CCO)c1ccc(C)cc1CNC. The van der Waals surface area contributed by atoms with Crippen LogP contribution in [0.1, 0.15) is 30.9 Å². The molecule has 3 nitrogen and oxygen atoms in total. The normalized spacial score (nSPS) is 10.7. The Bertz CT molecular complexity index is 352. The largest absolute Gasteiger partial charge is 0.395 e. The van der Waals surface area contributed by atoms with E-state index in [1.165, 1.54) is 23.2 Å². The molecule has 18 heavy (non-hydrogen) atoms. The Hall–Kier alpha value is -1.06. The number of aliphatic hydroxyl groups excluding tert-OH is 1. The quantitative estimate of drug-likeness (QED) is 0.743. The summed E-state index contributed by atoms with van der Waals surface area (Å²) < 4.78 is 0. The van der Waals surface area contributed by atoms with Gasteiger partial charge in [0.2, 0.25) is 0 Å². The predicted molar refractivity (Wildman–Crippen MR) is 78.1 cm³/mol. The molecule has 1 aromatic rings. The van der Waals surface area contributed by atoms with Crippen LogP contribution < -0.4 is 10.2 Å². The van der Waals surface area contributed by atoms with Gasteiger partial charge in [-0.2, -0.15) is 0 Å². The summed E-state index contributed by atoms with van der Waals surface area (Å²) >= 11 is 0. The maximum absolute atomic E-state index is 9.22. The molecule has 0 amide bonds. The zero-order chi connectivity index (χ0) is 13.4. The molecule has 1 aromatic carbocycles. The average Bonchev–Trinajstić information content (AvgIpc) is 2.36. The molecule has 102 valence electrons. The number of unbranched alkanes of at least 4 members (excludes halogenated alkanes) is 1. The van der Waals surface area contributed by atoms with E-state index < -0.39 is 0 Å². The highest BCUT2D eigenvalue weighted by molar-refractivity contribution is 5.55. The fraction of sp³-hybridized carbons (Fsp3) is 0.600. The van der Waals surface area contributed by atoms with Crippen LogP contribution in [-0.2, 0) is 6.54 Å². The van der Waals surface area contributed by atoms with Crippen molar-refractivity contribution >= 4 is 5.69 Å². The minimum atomic E-state index is 0.205. The molecule has 0 aliphatic heterocycles. The smallest absolute Gasteiger partial charge is 0.0606 e. The third-order valence-electron chi connectivity index (χ3n) is 3.09. The number of nitrogens with zero attached hydrogens (tertiary/aromatic N) is 1. The molecule has 0 atom stereocenters. The van der Waals surface area contributed by atoms with Crippen LogP contribution >= 0.6 is 0 Å². The van der Waals surface area contributed by atoms with E-state index >= 15 is 0 Å². The average molecular weight is 250 g/mol. The number of rotatable bonds is 8. The Labute approximate surface area is 111 Å². The molecule has 0 aromatic heterocycles. The molecule has 0 spiro atoms. The summed E-state index contributed by atoms with van der Waals surface area (Å²) in [7, 11) is 1.97. The lowest BCUT2D eigenvalue weighted by Gasteiger charge is -2.26. The molecule has 0 unspecified atom stereocenters. The van der Waals surface area contributed by atoms with E-state index in [0.717, 1.165) is 19.5 Å². The van der Waals surface area contributed by atoms with E-state index in [4.69, 9.17) is 0 Å². The summed E-state index contributed by atoms with van der Waals surface area (Å²) in [6, 6.07) is 6.54. The zero-order valence-corrected chi connectivity index (χ0v) is 11.9. The topological polar surface area (TPSA) is 35.5 Å². The second-order valence-corrected chi connectivity index (χ2v) is 4.73. The zero-order valence-electron chi connectivity index (χ0n) is 11.9. The molecule has 1 rings (SSSR count). The van der Waals surface area contributed by atoms with E-state index in [1.54, 1.807) is 0 Å². The van der Waals surface area contributed by atoms with Crippen molar-refractivity contribution in [3.63, 3.8) is 0 Å². The summed E-state index contributed by atoms with van der Waals surface area (Å²) in [5.41, 5.74) is 3.84. The molecular formula is C15H26N2O. The molecule has 0 heterocycles. The molecule has 2 N–H and O–H groups in total. The summed E-state index contributed by atoms with van der Waals surface area (Å²) in [6.45, 7) is 7.10. The number of aryl methyl sites for hydroxylation is 1. The van der Waals surface area contributed by atoms with Crippen molar-refractivity contribution in [1.29, 1.82) is 0 Å². The van der Waals surface area contributed by atoms with Crippen LogP contribution in [-0.4, -0.2) is 31.9 Å². The molecule has 0 saturated carbocycles. The summed E-state index contributed by atoms with van der Waals surface area (Å²) in [5.74, 6) is 0. The van der Waals surface area contributed by atoms with Gasteiger partial charge in [0, 0.05) is 25.3 Å². The van der Waals surface area contributed by atoms with Gasteiger partial charge in [-0.25, -0.2) is 0 Å². The van der Waals surface area contributed by atoms with Gasteiger partial charge < -0.3 is 15.3 Å². The number of hydrogen-bond acceptors (Lipinski definition) is 3. The molecule has 0 aliphatic carbocycles. The van der Waals surface area contributed by atoms with Gasteiger partial charge in [-0.05, 0) is 32.0 Å².